The number of rotatable bonds is 3. The molecule has 0 radical (unpaired) electrons. The number of amides is 2. The molecule has 0 aliphatic carbocycles. The predicted octanol–water partition coefficient (Wildman–Crippen LogP) is 4.24. The lowest BCUT2D eigenvalue weighted by Gasteiger charge is -2.05. The highest BCUT2D eigenvalue weighted by Crippen LogP contribution is 2.24. The summed E-state index contributed by atoms with van der Waals surface area (Å²) in [5.41, 5.74) is 3.39. The summed E-state index contributed by atoms with van der Waals surface area (Å²) < 4.78 is 0. The highest BCUT2D eigenvalue weighted by Gasteiger charge is 2.13. The molecule has 0 aromatic heterocycles. The van der Waals surface area contributed by atoms with Crippen LogP contribution in [0, 0.1) is 0 Å². The summed E-state index contributed by atoms with van der Waals surface area (Å²) in [6, 6.07) is 18.1. The summed E-state index contributed by atoms with van der Waals surface area (Å²) in [6.45, 7) is 0. The van der Waals surface area contributed by atoms with Gasteiger partial charge in [0.1, 0.15) is 0 Å². The number of hydrazone groups is 1. The van der Waals surface area contributed by atoms with Gasteiger partial charge in [0.15, 0.2) is 0 Å². The van der Waals surface area contributed by atoms with Gasteiger partial charge in [-0.2, -0.15) is 5.10 Å². The molecular weight excluding hydrogens is 373 g/mol. The molecule has 0 heterocycles. The van der Waals surface area contributed by atoms with Gasteiger partial charge in [0.2, 0.25) is 0 Å². The molecule has 0 bridgehead atoms. The highest BCUT2D eigenvalue weighted by atomic mass is 35.5. The molecule has 3 rings (SSSR count). The van der Waals surface area contributed by atoms with Crippen molar-refractivity contribution in [2.24, 2.45) is 5.10 Å². The van der Waals surface area contributed by atoms with Gasteiger partial charge in [-0.3, -0.25) is 9.59 Å². The third kappa shape index (κ3) is 4.20. The van der Waals surface area contributed by atoms with Crippen LogP contribution in [0.15, 0.2) is 65.8 Å². The fourth-order valence-electron chi connectivity index (χ4n) is 2.34. The minimum absolute atomic E-state index is 0.277. The van der Waals surface area contributed by atoms with E-state index in [1.807, 2.05) is 42.5 Å². The molecule has 2 N–H and O–H groups in total. The SMILES string of the molecule is O=C(N/N=C\c1cccc2ccccc12)C(=O)Nc1ccc(Cl)c(Cl)c1. The molecule has 2 amide bonds. The molecule has 26 heavy (non-hydrogen) atoms. The average Bonchev–Trinajstić information content (AvgIpc) is 2.65. The van der Waals surface area contributed by atoms with Crippen LogP contribution >= 0.6 is 23.2 Å². The number of halogens is 2. The molecule has 0 atom stereocenters. The smallest absolute Gasteiger partial charge is 0.318 e. The van der Waals surface area contributed by atoms with Crippen LogP contribution in [0.3, 0.4) is 0 Å². The minimum Gasteiger partial charge on any atom is -0.318 e. The minimum atomic E-state index is -0.896. The van der Waals surface area contributed by atoms with Gasteiger partial charge in [-0.05, 0) is 29.0 Å². The molecule has 0 saturated carbocycles. The number of nitrogens with one attached hydrogen (secondary N) is 2. The van der Waals surface area contributed by atoms with E-state index < -0.39 is 11.8 Å². The summed E-state index contributed by atoms with van der Waals surface area (Å²) in [5.74, 6) is -1.76. The van der Waals surface area contributed by atoms with Crippen molar-refractivity contribution in [3.63, 3.8) is 0 Å². The first-order chi connectivity index (χ1) is 12.5. The van der Waals surface area contributed by atoms with Gasteiger partial charge in [-0.1, -0.05) is 65.7 Å². The van der Waals surface area contributed by atoms with Crippen LogP contribution in [0.25, 0.3) is 10.8 Å². The highest BCUT2D eigenvalue weighted by molar-refractivity contribution is 6.43. The Morgan fingerprint density at radius 2 is 1.65 bits per heavy atom. The number of fused-ring (bicyclic) bond motifs is 1. The number of hydrogen-bond acceptors (Lipinski definition) is 3. The van der Waals surface area contributed by atoms with Crippen LogP contribution in [0.5, 0.6) is 0 Å². The van der Waals surface area contributed by atoms with Gasteiger partial charge in [-0.25, -0.2) is 5.43 Å². The average molecular weight is 386 g/mol. The lowest BCUT2D eigenvalue weighted by molar-refractivity contribution is -0.136. The molecule has 0 aliphatic rings. The van der Waals surface area contributed by atoms with E-state index in [-0.39, 0.29) is 5.02 Å². The zero-order valence-electron chi connectivity index (χ0n) is 13.4. The number of carbonyl (C=O) groups is 2. The first-order valence-corrected chi connectivity index (χ1v) is 8.37. The Bertz CT molecular complexity index is 1010. The first kappa shape index (κ1) is 17.9. The van der Waals surface area contributed by atoms with Crippen LogP contribution in [-0.4, -0.2) is 18.0 Å². The molecule has 3 aromatic rings. The lowest BCUT2D eigenvalue weighted by atomic mass is 10.1. The number of nitrogens with zero attached hydrogens (tertiary/aromatic N) is 1. The summed E-state index contributed by atoms with van der Waals surface area (Å²) >= 11 is 11.7. The van der Waals surface area contributed by atoms with E-state index in [2.05, 4.69) is 15.8 Å². The van der Waals surface area contributed by atoms with E-state index in [1.165, 1.54) is 18.3 Å². The van der Waals surface area contributed by atoms with Crippen molar-refractivity contribution in [3.05, 3.63) is 76.3 Å². The fraction of sp³-hybridized carbons (Fsp3) is 0. The Labute approximate surface area is 159 Å². The Balaban J connectivity index is 1.65. The van der Waals surface area contributed by atoms with Gasteiger partial charge in [-0.15, -0.1) is 0 Å². The monoisotopic (exact) mass is 385 g/mol. The van der Waals surface area contributed by atoms with E-state index in [1.54, 1.807) is 6.07 Å². The van der Waals surface area contributed by atoms with Crippen LogP contribution in [0.2, 0.25) is 10.0 Å². The van der Waals surface area contributed by atoms with Crippen molar-refractivity contribution >= 4 is 57.7 Å². The Kier molecular flexibility index (Phi) is 5.51. The maximum absolute atomic E-state index is 11.9. The van der Waals surface area contributed by atoms with Gasteiger partial charge < -0.3 is 5.32 Å². The number of benzene rings is 3. The van der Waals surface area contributed by atoms with Crippen molar-refractivity contribution in [1.29, 1.82) is 0 Å². The van der Waals surface area contributed by atoms with E-state index >= 15 is 0 Å². The van der Waals surface area contributed by atoms with Crippen molar-refractivity contribution in [3.8, 4) is 0 Å². The van der Waals surface area contributed by atoms with Gasteiger partial charge in [0.25, 0.3) is 0 Å². The maximum Gasteiger partial charge on any atom is 0.329 e. The first-order valence-electron chi connectivity index (χ1n) is 7.62. The molecule has 130 valence electrons. The molecule has 5 nitrogen and oxygen atoms in total. The summed E-state index contributed by atoms with van der Waals surface area (Å²) in [5, 5.41) is 8.96. The lowest BCUT2D eigenvalue weighted by Crippen LogP contribution is -2.32. The number of carbonyl (C=O) groups excluding carboxylic acids is 2. The summed E-state index contributed by atoms with van der Waals surface area (Å²) in [7, 11) is 0. The van der Waals surface area contributed by atoms with E-state index in [0.29, 0.717) is 10.7 Å². The second kappa shape index (κ2) is 7.99. The summed E-state index contributed by atoms with van der Waals surface area (Å²) in [6.07, 6.45) is 1.49. The molecular formula is C19H13Cl2N3O2. The molecule has 0 unspecified atom stereocenters. The molecule has 0 aliphatic heterocycles. The zero-order chi connectivity index (χ0) is 18.5. The third-order valence-corrected chi connectivity index (χ3v) is 4.32. The normalized spacial score (nSPS) is 10.8. The van der Waals surface area contributed by atoms with Gasteiger partial charge in [0, 0.05) is 11.3 Å². The summed E-state index contributed by atoms with van der Waals surface area (Å²) in [4.78, 5) is 23.7. The van der Waals surface area contributed by atoms with E-state index in [9.17, 15) is 9.59 Å². The van der Waals surface area contributed by atoms with Crippen LogP contribution in [0.1, 0.15) is 5.56 Å². The quantitative estimate of drug-likeness (QED) is 0.402. The third-order valence-electron chi connectivity index (χ3n) is 3.58. The molecule has 0 saturated heterocycles. The van der Waals surface area contributed by atoms with Crippen molar-refractivity contribution in [2.75, 3.05) is 5.32 Å². The van der Waals surface area contributed by atoms with E-state index in [0.717, 1.165) is 16.3 Å². The predicted molar refractivity (Wildman–Crippen MR) is 105 cm³/mol. The van der Waals surface area contributed by atoms with Crippen molar-refractivity contribution in [2.45, 2.75) is 0 Å². The van der Waals surface area contributed by atoms with E-state index in [4.69, 9.17) is 23.2 Å². The van der Waals surface area contributed by atoms with Crippen molar-refractivity contribution < 1.29 is 9.59 Å². The Morgan fingerprint density at radius 3 is 2.46 bits per heavy atom. The molecule has 7 heteroatoms. The molecule has 0 spiro atoms. The number of anilines is 1. The topological polar surface area (TPSA) is 70.6 Å². The Hall–Kier alpha value is -2.89. The second-order valence-electron chi connectivity index (χ2n) is 5.35. The fourth-order valence-corrected chi connectivity index (χ4v) is 2.63. The van der Waals surface area contributed by atoms with Crippen LogP contribution in [0.4, 0.5) is 5.69 Å². The largest absolute Gasteiger partial charge is 0.329 e. The maximum atomic E-state index is 11.9. The molecule has 0 fully saturated rings. The Morgan fingerprint density at radius 1 is 0.885 bits per heavy atom. The van der Waals surface area contributed by atoms with Gasteiger partial charge >= 0.3 is 11.8 Å². The van der Waals surface area contributed by atoms with Crippen LogP contribution in [-0.2, 0) is 9.59 Å². The zero-order valence-corrected chi connectivity index (χ0v) is 14.9. The van der Waals surface area contributed by atoms with Gasteiger partial charge in [0.05, 0.1) is 16.3 Å². The number of hydrogen-bond donors (Lipinski definition) is 2. The second-order valence-corrected chi connectivity index (χ2v) is 6.16. The standard InChI is InChI=1S/C19H13Cl2N3O2/c20-16-9-8-14(10-17(16)21)23-18(25)19(26)24-22-11-13-6-3-5-12-4-1-2-7-15(12)13/h1-11H,(H,23,25)(H,24,26)/b22-11-. The van der Waals surface area contributed by atoms with Crippen molar-refractivity contribution in [1.82, 2.24) is 5.43 Å². The van der Waals surface area contributed by atoms with Crippen LogP contribution < -0.4 is 10.7 Å². The molecule has 3 aromatic carbocycles.